The summed E-state index contributed by atoms with van der Waals surface area (Å²) < 4.78 is 0. The van der Waals surface area contributed by atoms with Gasteiger partial charge in [0.2, 0.25) is 0 Å². The fourth-order valence-corrected chi connectivity index (χ4v) is 0.825. The molecule has 1 rings (SSSR count). The maximum absolute atomic E-state index is 9.23. The molecule has 2 nitrogen and oxygen atoms in total. The molecule has 0 aliphatic carbocycles. The Morgan fingerprint density at radius 1 is 1.00 bits per heavy atom. The van der Waals surface area contributed by atoms with Crippen LogP contribution in [-0.4, -0.2) is 10.2 Å². The van der Waals surface area contributed by atoms with Crippen LogP contribution in [0, 0.1) is 13.8 Å². The summed E-state index contributed by atoms with van der Waals surface area (Å²) in [5.41, 5.74) is 1.33. The molecule has 0 amide bonds. The summed E-state index contributed by atoms with van der Waals surface area (Å²) in [6.45, 7) is 7.47. The van der Waals surface area contributed by atoms with E-state index in [1.165, 1.54) is 0 Å². The zero-order valence-electron chi connectivity index (χ0n) is 8.05. The number of hydrogen-bond acceptors (Lipinski definition) is 2. The third kappa shape index (κ3) is 2.16. The van der Waals surface area contributed by atoms with Crippen molar-refractivity contribution in [2.75, 3.05) is 0 Å². The van der Waals surface area contributed by atoms with Crippen LogP contribution < -0.4 is 0 Å². The summed E-state index contributed by atoms with van der Waals surface area (Å²) in [6.07, 6.45) is 0. The van der Waals surface area contributed by atoms with E-state index in [-0.39, 0.29) is 11.5 Å². The van der Waals surface area contributed by atoms with Crippen LogP contribution in [0.25, 0.3) is 0 Å². The fraction of sp³-hybridized carbons (Fsp3) is 0.400. The van der Waals surface area contributed by atoms with Crippen molar-refractivity contribution >= 4 is 0 Å². The molecule has 0 saturated heterocycles. The summed E-state index contributed by atoms with van der Waals surface area (Å²) in [5, 5.41) is 18.3. The second-order valence-electron chi connectivity index (χ2n) is 2.38. The molecule has 68 valence electrons. The Morgan fingerprint density at radius 3 is 1.92 bits per heavy atom. The highest BCUT2D eigenvalue weighted by Gasteiger charge is 2.02. The first-order chi connectivity index (χ1) is 5.63. The first-order valence-corrected chi connectivity index (χ1v) is 4.11. The number of phenolic OH excluding ortho intramolecular Hbond substituents is 2. The van der Waals surface area contributed by atoms with E-state index < -0.39 is 0 Å². The van der Waals surface area contributed by atoms with Crippen molar-refractivity contribution in [2.45, 2.75) is 27.7 Å². The lowest BCUT2D eigenvalue weighted by Gasteiger charge is -2.03. The second-order valence-corrected chi connectivity index (χ2v) is 2.38. The molecule has 0 radical (unpaired) electrons. The van der Waals surface area contributed by atoms with Gasteiger partial charge in [0, 0.05) is 5.56 Å². The molecule has 2 heteroatoms. The molecule has 0 unspecified atom stereocenters. The number of hydrogen-bond donors (Lipinski definition) is 2. The minimum absolute atomic E-state index is 0.142. The topological polar surface area (TPSA) is 40.5 Å². The van der Waals surface area contributed by atoms with Crippen LogP contribution in [-0.2, 0) is 0 Å². The van der Waals surface area contributed by atoms with Crippen molar-refractivity contribution in [1.29, 1.82) is 0 Å². The Labute approximate surface area is 73.5 Å². The molecule has 0 atom stereocenters. The van der Waals surface area contributed by atoms with Crippen LogP contribution >= 0.6 is 0 Å². The molecule has 1 aromatic carbocycles. The minimum Gasteiger partial charge on any atom is -0.508 e. The highest BCUT2D eigenvalue weighted by molar-refractivity contribution is 5.46. The third-order valence-electron chi connectivity index (χ3n) is 1.60. The quantitative estimate of drug-likeness (QED) is 0.625. The first kappa shape index (κ1) is 10.8. The number of benzene rings is 1. The molecule has 12 heavy (non-hydrogen) atoms. The largest absolute Gasteiger partial charge is 0.508 e. The molecule has 0 aliphatic heterocycles. The molecular weight excluding hydrogens is 152 g/mol. The van der Waals surface area contributed by atoms with Crippen LogP contribution in [0.5, 0.6) is 11.5 Å². The van der Waals surface area contributed by atoms with Gasteiger partial charge in [-0.05, 0) is 25.5 Å². The Kier molecular flexibility index (Phi) is 4.19. The molecule has 2 N–H and O–H groups in total. The Balaban J connectivity index is 0.000000561. The minimum atomic E-state index is 0.142. The number of phenols is 2. The van der Waals surface area contributed by atoms with Gasteiger partial charge in [0.1, 0.15) is 11.5 Å². The van der Waals surface area contributed by atoms with Gasteiger partial charge in [0.15, 0.2) is 0 Å². The van der Waals surface area contributed by atoms with Crippen molar-refractivity contribution < 1.29 is 10.2 Å². The summed E-state index contributed by atoms with van der Waals surface area (Å²) in [6, 6.07) is 3.25. The molecule has 0 fully saturated rings. The first-order valence-electron chi connectivity index (χ1n) is 4.11. The van der Waals surface area contributed by atoms with E-state index in [2.05, 4.69) is 0 Å². The molecule has 0 heterocycles. The van der Waals surface area contributed by atoms with Crippen LogP contribution in [0.4, 0.5) is 0 Å². The Morgan fingerprint density at radius 2 is 1.50 bits per heavy atom. The molecule has 0 aromatic heterocycles. The van der Waals surface area contributed by atoms with Crippen molar-refractivity contribution in [3.63, 3.8) is 0 Å². The van der Waals surface area contributed by atoms with E-state index in [0.717, 1.165) is 5.56 Å². The van der Waals surface area contributed by atoms with E-state index in [4.69, 9.17) is 5.11 Å². The van der Waals surface area contributed by atoms with Gasteiger partial charge >= 0.3 is 0 Å². The van der Waals surface area contributed by atoms with Gasteiger partial charge in [0.25, 0.3) is 0 Å². The van der Waals surface area contributed by atoms with Crippen LogP contribution in [0.15, 0.2) is 12.1 Å². The number of aryl methyl sites for hydroxylation is 1. The molecule has 0 spiro atoms. The smallest absolute Gasteiger partial charge is 0.125 e. The zero-order chi connectivity index (χ0) is 9.72. The van der Waals surface area contributed by atoms with E-state index in [0.29, 0.717) is 5.56 Å². The van der Waals surface area contributed by atoms with Gasteiger partial charge in [-0.25, -0.2) is 0 Å². The molecule has 1 aromatic rings. The molecule has 0 aliphatic rings. The summed E-state index contributed by atoms with van der Waals surface area (Å²) in [5.74, 6) is 0.322. The summed E-state index contributed by atoms with van der Waals surface area (Å²) in [4.78, 5) is 0. The van der Waals surface area contributed by atoms with E-state index >= 15 is 0 Å². The summed E-state index contributed by atoms with van der Waals surface area (Å²) in [7, 11) is 0. The lowest BCUT2D eigenvalue weighted by atomic mass is 10.1. The molecular formula is C10H16O2. The van der Waals surface area contributed by atoms with E-state index in [1.807, 2.05) is 13.8 Å². The number of aromatic hydroxyl groups is 2. The fourth-order valence-electron chi connectivity index (χ4n) is 0.825. The van der Waals surface area contributed by atoms with Crippen molar-refractivity contribution in [3.8, 4) is 11.5 Å². The lowest BCUT2D eigenvalue weighted by molar-refractivity contribution is 0.440. The average Bonchev–Trinajstić information content (AvgIpc) is 2.12. The molecule has 0 bridgehead atoms. The van der Waals surface area contributed by atoms with Crippen LogP contribution in [0.2, 0.25) is 0 Å². The maximum Gasteiger partial charge on any atom is 0.125 e. The zero-order valence-corrected chi connectivity index (χ0v) is 8.05. The predicted octanol–water partition coefficient (Wildman–Crippen LogP) is 2.74. The standard InChI is InChI=1S/C8H10O2.C2H6/c1-5-3-4-7(9)6(2)8(5)10;1-2/h3-4,9-10H,1-2H3;1-2H3. The van der Waals surface area contributed by atoms with Crippen molar-refractivity contribution in [1.82, 2.24) is 0 Å². The highest BCUT2D eigenvalue weighted by atomic mass is 16.3. The van der Waals surface area contributed by atoms with Gasteiger partial charge < -0.3 is 10.2 Å². The monoisotopic (exact) mass is 168 g/mol. The van der Waals surface area contributed by atoms with Gasteiger partial charge in [-0.2, -0.15) is 0 Å². The SMILES string of the molecule is CC.Cc1ccc(O)c(C)c1O. The average molecular weight is 168 g/mol. The second kappa shape index (κ2) is 4.65. The third-order valence-corrected chi connectivity index (χ3v) is 1.60. The van der Waals surface area contributed by atoms with Gasteiger partial charge in [-0.3, -0.25) is 0 Å². The van der Waals surface area contributed by atoms with Crippen LogP contribution in [0.3, 0.4) is 0 Å². The lowest BCUT2D eigenvalue weighted by Crippen LogP contribution is -1.79. The van der Waals surface area contributed by atoms with Crippen molar-refractivity contribution in [2.24, 2.45) is 0 Å². The van der Waals surface area contributed by atoms with E-state index in [1.54, 1.807) is 26.0 Å². The number of rotatable bonds is 0. The maximum atomic E-state index is 9.23. The van der Waals surface area contributed by atoms with Crippen LogP contribution in [0.1, 0.15) is 25.0 Å². The predicted molar refractivity (Wildman–Crippen MR) is 50.6 cm³/mol. The van der Waals surface area contributed by atoms with Crippen molar-refractivity contribution in [3.05, 3.63) is 23.3 Å². The highest BCUT2D eigenvalue weighted by Crippen LogP contribution is 2.28. The van der Waals surface area contributed by atoms with Gasteiger partial charge in [-0.1, -0.05) is 19.9 Å². The van der Waals surface area contributed by atoms with Gasteiger partial charge in [0.05, 0.1) is 0 Å². The Hall–Kier alpha value is -1.18. The normalized spacial score (nSPS) is 8.67. The molecule has 0 saturated carbocycles. The van der Waals surface area contributed by atoms with E-state index in [9.17, 15) is 5.11 Å². The van der Waals surface area contributed by atoms with Gasteiger partial charge in [-0.15, -0.1) is 0 Å². The summed E-state index contributed by atoms with van der Waals surface area (Å²) >= 11 is 0. The Bertz CT molecular complexity index is 227.